The molecule has 7 nitrogen and oxygen atoms in total. The zero-order chi connectivity index (χ0) is 14.2. The summed E-state index contributed by atoms with van der Waals surface area (Å²) in [6.45, 7) is 5.65. The summed E-state index contributed by atoms with van der Waals surface area (Å²) < 4.78 is 5.43. The average Bonchev–Trinajstić information content (AvgIpc) is 3.16. The fraction of sp³-hybridized carbons (Fsp3) is 0.615. The molecule has 0 bridgehead atoms. The maximum atomic E-state index is 6.02. The number of ether oxygens (including phenoxy) is 1. The van der Waals surface area contributed by atoms with Gasteiger partial charge in [0, 0.05) is 32.2 Å². The van der Waals surface area contributed by atoms with Crippen molar-refractivity contribution in [1.29, 1.82) is 0 Å². The van der Waals surface area contributed by atoms with Crippen molar-refractivity contribution in [2.45, 2.75) is 12.5 Å². The van der Waals surface area contributed by atoms with Gasteiger partial charge >= 0.3 is 0 Å². The first kappa shape index (κ1) is 13.2. The number of anilines is 1. The Labute approximate surface area is 127 Å². The monoisotopic (exact) mass is 308 g/mol. The van der Waals surface area contributed by atoms with Crippen LogP contribution in [0.25, 0.3) is 11.0 Å². The highest BCUT2D eigenvalue weighted by Crippen LogP contribution is 2.28. The maximum Gasteiger partial charge on any atom is 0.226 e. The Morgan fingerprint density at radius 1 is 1.24 bits per heavy atom. The summed E-state index contributed by atoms with van der Waals surface area (Å²) in [6.07, 6.45) is 2.91. The quantitative estimate of drug-likeness (QED) is 0.832. The first-order chi connectivity index (χ1) is 10.3. The molecule has 8 heteroatoms. The lowest BCUT2D eigenvalue weighted by Gasteiger charge is -2.32. The van der Waals surface area contributed by atoms with E-state index in [1.165, 1.54) is 0 Å². The van der Waals surface area contributed by atoms with Gasteiger partial charge in [0.05, 0.1) is 24.8 Å². The van der Waals surface area contributed by atoms with Crippen molar-refractivity contribution in [2.24, 2.45) is 0 Å². The molecule has 1 N–H and O–H groups in total. The molecule has 2 fully saturated rings. The van der Waals surface area contributed by atoms with Gasteiger partial charge in [0.2, 0.25) is 5.28 Å². The van der Waals surface area contributed by atoms with Gasteiger partial charge < -0.3 is 9.64 Å². The summed E-state index contributed by atoms with van der Waals surface area (Å²) in [5.74, 6) is 0.884. The van der Waals surface area contributed by atoms with Crippen LogP contribution in [0.3, 0.4) is 0 Å². The number of morpholine rings is 1. The third-order valence-electron chi connectivity index (χ3n) is 4.29. The van der Waals surface area contributed by atoms with E-state index in [0.717, 1.165) is 57.0 Å². The molecule has 0 aliphatic carbocycles. The van der Waals surface area contributed by atoms with Crippen LogP contribution in [0.2, 0.25) is 5.28 Å². The number of nitrogens with one attached hydrogen (secondary N) is 1. The summed E-state index contributed by atoms with van der Waals surface area (Å²) in [4.78, 5) is 13.4. The summed E-state index contributed by atoms with van der Waals surface area (Å²) >= 11 is 6.02. The molecule has 0 saturated carbocycles. The van der Waals surface area contributed by atoms with Crippen molar-refractivity contribution in [1.82, 2.24) is 25.1 Å². The Bertz CT molecular complexity index is 641. The van der Waals surface area contributed by atoms with Gasteiger partial charge in [-0.15, -0.1) is 0 Å². The molecule has 0 aromatic carbocycles. The van der Waals surface area contributed by atoms with Crippen LogP contribution in [0.1, 0.15) is 6.42 Å². The van der Waals surface area contributed by atoms with E-state index in [1.807, 2.05) is 0 Å². The van der Waals surface area contributed by atoms with E-state index in [1.54, 1.807) is 6.20 Å². The van der Waals surface area contributed by atoms with Crippen molar-refractivity contribution in [3.05, 3.63) is 11.5 Å². The summed E-state index contributed by atoms with van der Waals surface area (Å²) in [5.41, 5.74) is 0.694. The molecule has 2 aromatic rings. The van der Waals surface area contributed by atoms with Gasteiger partial charge in [-0.2, -0.15) is 15.1 Å². The van der Waals surface area contributed by atoms with Crippen LogP contribution in [-0.2, 0) is 4.74 Å². The van der Waals surface area contributed by atoms with Crippen molar-refractivity contribution < 1.29 is 4.74 Å². The van der Waals surface area contributed by atoms with Crippen LogP contribution in [0.5, 0.6) is 0 Å². The minimum Gasteiger partial charge on any atom is -0.379 e. The number of hydrogen-bond donors (Lipinski definition) is 1. The maximum absolute atomic E-state index is 6.02. The van der Waals surface area contributed by atoms with Crippen LogP contribution in [0.15, 0.2) is 6.20 Å². The highest BCUT2D eigenvalue weighted by molar-refractivity contribution is 6.28. The molecule has 4 heterocycles. The minimum absolute atomic E-state index is 0.261. The molecule has 2 aliphatic rings. The van der Waals surface area contributed by atoms with E-state index in [9.17, 15) is 0 Å². The van der Waals surface area contributed by atoms with Gasteiger partial charge in [-0.25, -0.2) is 0 Å². The summed E-state index contributed by atoms with van der Waals surface area (Å²) in [7, 11) is 0. The second-order valence-electron chi connectivity index (χ2n) is 5.49. The number of aromatic amines is 1. The van der Waals surface area contributed by atoms with E-state index in [-0.39, 0.29) is 5.28 Å². The molecule has 0 spiro atoms. The molecular weight excluding hydrogens is 292 g/mol. The largest absolute Gasteiger partial charge is 0.379 e. The van der Waals surface area contributed by atoms with E-state index in [4.69, 9.17) is 16.3 Å². The van der Waals surface area contributed by atoms with E-state index in [0.29, 0.717) is 11.7 Å². The second kappa shape index (κ2) is 5.40. The third-order valence-corrected chi connectivity index (χ3v) is 4.46. The normalized spacial score (nSPS) is 24.0. The molecule has 112 valence electrons. The second-order valence-corrected chi connectivity index (χ2v) is 5.82. The van der Waals surface area contributed by atoms with Gasteiger partial charge in [0.1, 0.15) is 5.82 Å². The summed E-state index contributed by atoms with van der Waals surface area (Å²) in [6, 6.07) is 0.560. The third kappa shape index (κ3) is 2.45. The van der Waals surface area contributed by atoms with Crippen LogP contribution < -0.4 is 4.90 Å². The fourth-order valence-corrected chi connectivity index (χ4v) is 3.37. The van der Waals surface area contributed by atoms with Gasteiger partial charge in [0.25, 0.3) is 0 Å². The van der Waals surface area contributed by atoms with Gasteiger partial charge in [0.15, 0.2) is 5.65 Å². The van der Waals surface area contributed by atoms with Crippen molar-refractivity contribution in [3.8, 4) is 0 Å². The smallest absolute Gasteiger partial charge is 0.226 e. The highest BCUT2D eigenvalue weighted by atomic mass is 35.5. The van der Waals surface area contributed by atoms with Crippen LogP contribution in [-0.4, -0.2) is 70.5 Å². The van der Waals surface area contributed by atoms with Gasteiger partial charge in [-0.1, -0.05) is 0 Å². The van der Waals surface area contributed by atoms with Crippen LogP contribution in [0.4, 0.5) is 5.82 Å². The highest BCUT2D eigenvalue weighted by Gasteiger charge is 2.30. The van der Waals surface area contributed by atoms with Crippen molar-refractivity contribution in [3.63, 3.8) is 0 Å². The van der Waals surface area contributed by atoms with Crippen LogP contribution in [0, 0.1) is 0 Å². The molecule has 2 saturated heterocycles. The molecule has 2 aromatic heterocycles. The molecule has 2 aliphatic heterocycles. The lowest BCUT2D eigenvalue weighted by atomic mass is 10.2. The predicted octanol–water partition coefficient (Wildman–Crippen LogP) is 0.917. The van der Waals surface area contributed by atoms with Gasteiger partial charge in [-0.05, 0) is 18.0 Å². The zero-order valence-electron chi connectivity index (χ0n) is 11.6. The first-order valence-corrected chi connectivity index (χ1v) is 7.62. The summed E-state index contributed by atoms with van der Waals surface area (Å²) in [5, 5.41) is 8.10. The number of fused-ring (bicyclic) bond motifs is 1. The van der Waals surface area contributed by atoms with E-state index >= 15 is 0 Å². The first-order valence-electron chi connectivity index (χ1n) is 7.24. The van der Waals surface area contributed by atoms with Crippen molar-refractivity contribution >= 4 is 28.5 Å². The van der Waals surface area contributed by atoms with Gasteiger partial charge in [-0.3, -0.25) is 10.00 Å². The Balaban J connectivity index is 1.57. The zero-order valence-corrected chi connectivity index (χ0v) is 12.4. The number of hydrogen-bond acceptors (Lipinski definition) is 6. The number of rotatable bonds is 2. The minimum atomic E-state index is 0.261. The SMILES string of the molecule is Clc1nc(N2CCC(N3CCOCC3)C2)c2cn[nH]c2n1. The van der Waals surface area contributed by atoms with Crippen molar-refractivity contribution in [2.75, 3.05) is 44.3 Å². The number of halogens is 1. The Morgan fingerprint density at radius 2 is 2.10 bits per heavy atom. The van der Waals surface area contributed by atoms with E-state index in [2.05, 4.69) is 30.0 Å². The predicted molar refractivity (Wildman–Crippen MR) is 79.7 cm³/mol. The van der Waals surface area contributed by atoms with Crippen LogP contribution >= 0.6 is 11.6 Å². The molecule has 1 atom stereocenters. The fourth-order valence-electron chi connectivity index (χ4n) is 3.21. The Kier molecular flexibility index (Phi) is 3.40. The number of H-pyrrole nitrogens is 1. The molecular formula is C13H17ClN6O. The van der Waals surface area contributed by atoms with E-state index < -0.39 is 0 Å². The molecule has 21 heavy (non-hydrogen) atoms. The number of nitrogens with zero attached hydrogens (tertiary/aromatic N) is 5. The molecule has 0 radical (unpaired) electrons. The lowest BCUT2D eigenvalue weighted by molar-refractivity contribution is 0.0209. The topological polar surface area (TPSA) is 70.2 Å². The Morgan fingerprint density at radius 3 is 2.95 bits per heavy atom. The Hall–Kier alpha value is -1.44. The molecule has 1 unspecified atom stereocenters. The number of aromatic nitrogens is 4. The average molecular weight is 309 g/mol. The molecule has 0 amide bonds. The molecule has 4 rings (SSSR count). The lowest BCUT2D eigenvalue weighted by Crippen LogP contribution is -2.44. The standard InChI is InChI=1S/C13H17ClN6O/c14-13-16-11-10(7-15-18-11)12(17-13)20-2-1-9(8-20)19-3-5-21-6-4-19/h7,9H,1-6,8H2,(H,15,16,17,18).